The lowest BCUT2D eigenvalue weighted by Gasteiger charge is -2.20. The molecule has 1 aromatic carbocycles. The minimum atomic E-state index is 0.229. The van der Waals surface area contributed by atoms with Crippen molar-refractivity contribution in [2.45, 2.75) is 50.3 Å². The van der Waals surface area contributed by atoms with E-state index in [1.165, 1.54) is 10.5 Å². The quantitative estimate of drug-likeness (QED) is 0.614. The summed E-state index contributed by atoms with van der Waals surface area (Å²) < 4.78 is 0.229. The predicted molar refractivity (Wildman–Crippen MR) is 79.1 cm³/mol. The molecule has 0 aliphatic heterocycles. The van der Waals surface area contributed by atoms with Crippen molar-refractivity contribution in [3.8, 4) is 0 Å². The van der Waals surface area contributed by atoms with Gasteiger partial charge in [0.25, 0.3) is 0 Å². The number of nitrogens with one attached hydrogen (secondary N) is 1. The molecule has 0 spiro atoms. The SMILES string of the molecule is CCCNCc1cc(Cl)ccc1SC(C)(C)C. The molecular formula is C14H22ClNS. The zero-order chi connectivity index (χ0) is 12.9. The summed E-state index contributed by atoms with van der Waals surface area (Å²) in [6.45, 7) is 10.8. The van der Waals surface area contributed by atoms with Crippen molar-refractivity contribution in [2.75, 3.05) is 6.54 Å². The van der Waals surface area contributed by atoms with Gasteiger partial charge in [0.2, 0.25) is 0 Å². The first-order valence-electron chi connectivity index (χ1n) is 6.10. The van der Waals surface area contributed by atoms with E-state index in [-0.39, 0.29) is 4.75 Å². The molecule has 0 amide bonds. The monoisotopic (exact) mass is 271 g/mol. The van der Waals surface area contributed by atoms with Gasteiger partial charge >= 0.3 is 0 Å². The van der Waals surface area contributed by atoms with E-state index >= 15 is 0 Å². The van der Waals surface area contributed by atoms with E-state index in [1.54, 1.807) is 0 Å². The van der Waals surface area contributed by atoms with E-state index < -0.39 is 0 Å². The van der Waals surface area contributed by atoms with Crippen LogP contribution in [0.1, 0.15) is 39.7 Å². The molecule has 1 aromatic rings. The van der Waals surface area contributed by atoms with Gasteiger partial charge in [0, 0.05) is 21.2 Å². The molecule has 1 rings (SSSR count). The van der Waals surface area contributed by atoms with Crippen molar-refractivity contribution >= 4 is 23.4 Å². The summed E-state index contributed by atoms with van der Waals surface area (Å²) in [5, 5.41) is 4.25. The fraction of sp³-hybridized carbons (Fsp3) is 0.571. The molecule has 0 aromatic heterocycles. The van der Waals surface area contributed by atoms with Crippen LogP contribution in [0.5, 0.6) is 0 Å². The molecule has 0 saturated carbocycles. The second-order valence-electron chi connectivity index (χ2n) is 5.14. The Bertz CT molecular complexity index is 358. The number of rotatable bonds is 5. The van der Waals surface area contributed by atoms with Crippen LogP contribution in [0.25, 0.3) is 0 Å². The highest BCUT2D eigenvalue weighted by atomic mass is 35.5. The number of benzene rings is 1. The molecule has 0 saturated heterocycles. The predicted octanol–water partition coefficient (Wildman–Crippen LogP) is 4.73. The normalized spacial score (nSPS) is 11.8. The molecule has 17 heavy (non-hydrogen) atoms. The van der Waals surface area contributed by atoms with Gasteiger partial charge in [0.15, 0.2) is 0 Å². The third kappa shape index (κ3) is 5.80. The summed E-state index contributed by atoms with van der Waals surface area (Å²) in [6, 6.07) is 6.17. The van der Waals surface area contributed by atoms with Crippen LogP contribution < -0.4 is 5.32 Å². The van der Waals surface area contributed by atoms with Gasteiger partial charge in [-0.25, -0.2) is 0 Å². The van der Waals surface area contributed by atoms with Crippen molar-refractivity contribution in [3.05, 3.63) is 28.8 Å². The Morgan fingerprint density at radius 3 is 2.59 bits per heavy atom. The van der Waals surface area contributed by atoms with Crippen LogP contribution >= 0.6 is 23.4 Å². The highest BCUT2D eigenvalue weighted by molar-refractivity contribution is 8.00. The lowest BCUT2D eigenvalue weighted by Crippen LogP contribution is -2.15. The standard InChI is InChI=1S/C14H22ClNS/c1-5-8-16-10-11-9-12(15)6-7-13(11)17-14(2,3)4/h6-7,9,16H,5,8,10H2,1-4H3. The van der Waals surface area contributed by atoms with E-state index in [0.717, 1.165) is 24.5 Å². The van der Waals surface area contributed by atoms with Gasteiger partial charge in [-0.1, -0.05) is 39.3 Å². The van der Waals surface area contributed by atoms with Crippen molar-refractivity contribution in [3.63, 3.8) is 0 Å². The van der Waals surface area contributed by atoms with E-state index in [9.17, 15) is 0 Å². The third-order valence-electron chi connectivity index (χ3n) is 2.18. The number of halogens is 1. The Kier molecular flexibility index (Phi) is 5.84. The van der Waals surface area contributed by atoms with E-state index in [1.807, 2.05) is 17.8 Å². The Morgan fingerprint density at radius 1 is 1.29 bits per heavy atom. The summed E-state index contributed by atoms with van der Waals surface area (Å²) in [4.78, 5) is 1.32. The second-order valence-corrected chi connectivity index (χ2v) is 7.45. The smallest absolute Gasteiger partial charge is 0.0410 e. The van der Waals surface area contributed by atoms with Gasteiger partial charge in [0.05, 0.1) is 0 Å². The van der Waals surface area contributed by atoms with Crippen LogP contribution in [0.2, 0.25) is 5.02 Å². The van der Waals surface area contributed by atoms with Crippen LogP contribution in [0.15, 0.2) is 23.1 Å². The minimum Gasteiger partial charge on any atom is -0.313 e. The molecule has 0 bridgehead atoms. The third-order valence-corrected chi connectivity index (χ3v) is 3.65. The summed E-state index contributed by atoms with van der Waals surface area (Å²) in [7, 11) is 0. The fourth-order valence-corrected chi connectivity index (χ4v) is 2.77. The molecule has 0 fully saturated rings. The maximum atomic E-state index is 6.06. The molecule has 0 heterocycles. The minimum absolute atomic E-state index is 0.229. The first-order valence-corrected chi connectivity index (χ1v) is 7.30. The van der Waals surface area contributed by atoms with E-state index in [4.69, 9.17) is 11.6 Å². The van der Waals surface area contributed by atoms with Crippen LogP contribution in [-0.4, -0.2) is 11.3 Å². The Balaban J connectivity index is 2.80. The Hall–Kier alpha value is -0.180. The Labute approximate surface area is 114 Å². The van der Waals surface area contributed by atoms with Crippen LogP contribution in [0, 0.1) is 0 Å². The molecule has 0 radical (unpaired) electrons. The van der Waals surface area contributed by atoms with Gasteiger partial charge < -0.3 is 5.32 Å². The molecular weight excluding hydrogens is 250 g/mol. The average Bonchev–Trinajstić information content (AvgIpc) is 2.20. The van der Waals surface area contributed by atoms with Gasteiger partial charge in [-0.2, -0.15) is 0 Å². The molecule has 96 valence electrons. The van der Waals surface area contributed by atoms with Crippen molar-refractivity contribution < 1.29 is 0 Å². The van der Waals surface area contributed by atoms with E-state index in [0.29, 0.717) is 0 Å². The maximum absolute atomic E-state index is 6.06. The van der Waals surface area contributed by atoms with Crippen LogP contribution in [0.4, 0.5) is 0 Å². The average molecular weight is 272 g/mol. The topological polar surface area (TPSA) is 12.0 Å². The zero-order valence-corrected chi connectivity index (χ0v) is 12.7. The highest BCUT2D eigenvalue weighted by Gasteiger charge is 2.14. The molecule has 0 aliphatic rings. The largest absolute Gasteiger partial charge is 0.313 e. The first kappa shape index (κ1) is 14.9. The van der Waals surface area contributed by atoms with Gasteiger partial charge in [-0.15, -0.1) is 11.8 Å². The molecule has 3 heteroatoms. The molecule has 1 N–H and O–H groups in total. The summed E-state index contributed by atoms with van der Waals surface area (Å²) >= 11 is 7.96. The zero-order valence-electron chi connectivity index (χ0n) is 11.1. The lowest BCUT2D eigenvalue weighted by molar-refractivity contribution is 0.668. The summed E-state index contributed by atoms with van der Waals surface area (Å²) in [5.41, 5.74) is 1.30. The summed E-state index contributed by atoms with van der Waals surface area (Å²) in [5.74, 6) is 0. The fourth-order valence-electron chi connectivity index (χ4n) is 1.52. The highest BCUT2D eigenvalue weighted by Crippen LogP contribution is 2.35. The van der Waals surface area contributed by atoms with Gasteiger partial charge in [-0.05, 0) is 36.7 Å². The van der Waals surface area contributed by atoms with E-state index in [2.05, 4.69) is 45.1 Å². The van der Waals surface area contributed by atoms with Gasteiger partial charge in [0.1, 0.15) is 0 Å². The summed E-state index contributed by atoms with van der Waals surface area (Å²) in [6.07, 6.45) is 1.16. The van der Waals surface area contributed by atoms with Crippen LogP contribution in [0.3, 0.4) is 0 Å². The van der Waals surface area contributed by atoms with Gasteiger partial charge in [-0.3, -0.25) is 0 Å². The number of hydrogen-bond acceptors (Lipinski definition) is 2. The Morgan fingerprint density at radius 2 is 2.00 bits per heavy atom. The number of thioether (sulfide) groups is 1. The molecule has 1 nitrogen and oxygen atoms in total. The molecule has 0 unspecified atom stereocenters. The maximum Gasteiger partial charge on any atom is 0.0410 e. The second kappa shape index (κ2) is 6.67. The molecule has 0 aliphatic carbocycles. The number of hydrogen-bond donors (Lipinski definition) is 1. The molecule has 0 atom stereocenters. The van der Waals surface area contributed by atoms with Crippen molar-refractivity contribution in [1.29, 1.82) is 0 Å². The van der Waals surface area contributed by atoms with Crippen molar-refractivity contribution in [1.82, 2.24) is 5.32 Å². The first-order chi connectivity index (χ1) is 7.92. The van der Waals surface area contributed by atoms with Crippen LogP contribution in [-0.2, 0) is 6.54 Å². The lowest BCUT2D eigenvalue weighted by atomic mass is 10.2. The van der Waals surface area contributed by atoms with Crippen molar-refractivity contribution in [2.24, 2.45) is 0 Å².